The average molecular weight is 240 g/mol. The number of halogens is 1. The summed E-state index contributed by atoms with van der Waals surface area (Å²) < 4.78 is 18.7. The molecule has 0 atom stereocenters. The number of hydrogen-bond donors (Lipinski definition) is 1. The van der Waals surface area contributed by atoms with Crippen molar-refractivity contribution in [2.24, 2.45) is 0 Å². The predicted octanol–water partition coefficient (Wildman–Crippen LogP) is 2.02. The number of rotatable bonds is 7. The van der Waals surface area contributed by atoms with E-state index in [4.69, 9.17) is 4.74 Å². The molecule has 17 heavy (non-hydrogen) atoms. The van der Waals surface area contributed by atoms with Gasteiger partial charge in [0.1, 0.15) is 5.82 Å². The van der Waals surface area contributed by atoms with Crippen LogP contribution < -0.4 is 10.2 Å². The molecule has 0 spiro atoms. The van der Waals surface area contributed by atoms with E-state index < -0.39 is 0 Å². The van der Waals surface area contributed by atoms with Crippen molar-refractivity contribution in [3.63, 3.8) is 0 Å². The summed E-state index contributed by atoms with van der Waals surface area (Å²) in [5.41, 5.74) is 1.66. The van der Waals surface area contributed by atoms with Crippen LogP contribution in [0.3, 0.4) is 0 Å². The molecule has 0 bridgehead atoms. The van der Waals surface area contributed by atoms with Gasteiger partial charge in [-0.25, -0.2) is 4.39 Å². The number of anilines is 1. The first-order chi connectivity index (χ1) is 8.20. The molecule has 0 aliphatic carbocycles. The van der Waals surface area contributed by atoms with Crippen molar-refractivity contribution in [2.75, 3.05) is 38.8 Å². The number of nitrogens with zero attached hydrogens (tertiary/aromatic N) is 1. The molecule has 0 aromatic heterocycles. The minimum Gasteiger partial charge on any atom is -0.383 e. The third-order valence-corrected chi connectivity index (χ3v) is 2.76. The quantitative estimate of drug-likeness (QED) is 0.738. The van der Waals surface area contributed by atoms with Crippen LogP contribution in [0.1, 0.15) is 12.5 Å². The molecule has 0 saturated heterocycles. The number of ether oxygens (including phenoxy) is 1. The van der Waals surface area contributed by atoms with E-state index in [0.29, 0.717) is 18.7 Å². The Bertz CT molecular complexity index is 344. The molecule has 96 valence electrons. The molecule has 1 aromatic rings. The summed E-state index contributed by atoms with van der Waals surface area (Å²) in [7, 11) is 3.62. The number of hydrogen-bond acceptors (Lipinski definition) is 3. The molecule has 0 amide bonds. The second-order valence-corrected chi connectivity index (χ2v) is 3.92. The summed E-state index contributed by atoms with van der Waals surface area (Å²) in [5.74, 6) is -0.160. The highest BCUT2D eigenvalue weighted by atomic mass is 19.1. The van der Waals surface area contributed by atoms with Crippen LogP contribution >= 0.6 is 0 Å². The van der Waals surface area contributed by atoms with Gasteiger partial charge in [0.2, 0.25) is 0 Å². The molecule has 0 saturated carbocycles. The van der Waals surface area contributed by atoms with Crippen molar-refractivity contribution in [3.8, 4) is 0 Å². The van der Waals surface area contributed by atoms with E-state index in [0.717, 1.165) is 18.8 Å². The zero-order chi connectivity index (χ0) is 12.7. The summed E-state index contributed by atoms with van der Waals surface area (Å²) in [4.78, 5) is 2.04. The fourth-order valence-electron chi connectivity index (χ4n) is 1.64. The monoisotopic (exact) mass is 240 g/mol. The Kier molecular flexibility index (Phi) is 5.94. The average Bonchev–Trinajstić information content (AvgIpc) is 2.35. The summed E-state index contributed by atoms with van der Waals surface area (Å²) >= 11 is 0. The lowest BCUT2D eigenvalue weighted by atomic mass is 10.1. The summed E-state index contributed by atoms with van der Waals surface area (Å²) in [5, 5.41) is 3.17. The molecule has 4 heteroatoms. The van der Waals surface area contributed by atoms with E-state index in [9.17, 15) is 4.39 Å². The van der Waals surface area contributed by atoms with Gasteiger partial charge in [-0.3, -0.25) is 0 Å². The largest absolute Gasteiger partial charge is 0.383 e. The highest BCUT2D eigenvalue weighted by Crippen LogP contribution is 2.21. The Morgan fingerprint density at radius 1 is 1.41 bits per heavy atom. The summed E-state index contributed by atoms with van der Waals surface area (Å²) in [6.07, 6.45) is 0. The molecular weight excluding hydrogens is 219 g/mol. The fraction of sp³-hybridized carbons (Fsp3) is 0.538. The van der Waals surface area contributed by atoms with Crippen LogP contribution in [0.25, 0.3) is 0 Å². The Balaban J connectivity index is 2.73. The summed E-state index contributed by atoms with van der Waals surface area (Å²) in [6, 6.07) is 5.19. The van der Waals surface area contributed by atoms with E-state index in [1.807, 2.05) is 24.9 Å². The van der Waals surface area contributed by atoms with Crippen LogP contribution in [0.4, 0.5) is 10.1 Å². The summed E-state index contributed by atoms with van der Waals surface area (Å²) in [6.45, 7) is 4.78. The van der Waals surface area contributed by atoms with E-state index >= 15 is 0 Å². The van der Waals surface area contributed by atoms with Crippen molar-refractivity contribution in [1.29, 1.82) is 0 Å². The minimum atomic E-state index is -0.160. The van der Waals surface area contributed by atoms with Gasteiger partial charge in [0, 0.05) is 45.0 Å². The molecule has 1 aromatic carbocycles. The Morgan fingerprint density at radius 2 is 2.18 bits per heavy atom. The number of benzene rings is 1. The zero-order valence-corrected chi connectivity index (χ0v) is 10.8. The van der Waals surface area contributed by atoms with Gasteiger partial charge in [-0.05, 0) is 19.1 Å². The third-order valence-electron chi connectivity index (χ3n) is 2.76. The molecule has 1 rings (SSSR count). The van der Waals surface area contributed by atoms with Crippen LogP contribution in [0.15, 0.2) is 18.2 Å². The lowest BCUT2D eigenvalue weighted by Gasteiger charge is -2.21. The van der Waals surface area contributed by atoms with Crippen LogP contribution in [-0.4, -0.2) is 33.9 Å². The molecule has 0 aliphatic rings. The van der Waals surface area contributed by atoms with E-state index in [1.165, 1.54) is 6.07 Å². The lowest BCUT2D eigenvalue weighted by molar-refractivity contribution is 0.199. The van der Waals surface area contributed by atoms with Crippen LogP contribution in [0.5, 0.6) is 0 Å². The van der Waals surface area contributed by atoms with Crippen LogP contribution in [0.2, 0.25) is 0 Å². The first-order valence-electron chi connectivity index (χ1n) is 5.88. The van der Waals surface area contributed by atoms with Gasteiger partial charge in [-0.15, -0.1) is 0 Å². The van der Waals surface area contributed by atoms with Crippen molar-refractivity contribution in [2.45, 2.75) is 13.5 Å². The number of methoxy groups -OCH3 is 1. The SMILES string of the molecule is CCN(C)c1cccc(F)c1CNCCOC. The maximum Gasteiger partial charge on any atom is 0.129 e. The van der Waals surface area contributed by atoms with Gasteiger partial charge in [0.25, 0.3) is 0 Å². The molecular formula is C13H21FN2O. The maximum absolute atomic E-state index is 13.8. The normalized spacial score (nSPS) is 10.6. The maximum atomic E-state index is 13.8. The van der Waals surface area contributed by atoms with E-state index in [-0.39, 0.29) is 5.82 Å². The predicted molar refractivity (Wildman–Crippen MR) is 68.9 cm³/mol. The second kappa shape index (κ2) is 7.25. The third kappa shape index (κ3) is 3.98. The van der Waals surface area contributed by atoms with Crippen molar-refractivity contribution < 1.29 is 9.13 Å². The van der Waals surface area contributed by atoms with E-state index in [1.54, 1.807) is 13.2 Å². The highest BCUT2D eigenvalue weighted by molar-refractivity contribution is 5.53. The first-order valence-corrected chi connectivity index (χ1v) is 5.88. The molecule has 3 nitrogen and oxygen atoms in total. The molecule has 0 heterocycles. The lowest BCUT2D eigenvalue weighted by Crippen LogP contribution is -2.23. The molecule has 0 radical (unpaired) electrons. The smallest absolute Gasteiger partial charge is 0.129 e. The Labute approximate surface area is 103 Å². The van der Waals surface area contributed by atoms with Crippen molar-refractivity contribution in [1.82, 2.24) is 5.32 Å². The van der Waals surface area contributed by atoms with Gasteiger partial charge in [0.15, 0.2) is 0 Å². The van der Waals surface area contributed by atoms with Gasteiger partial charge in [0.05, 0.1) is 6.61 Å². The standard InChI is InChI=1S/C13H21FN2O/c1-4-16(2)13-7-5-6-12(14)11(13)10-15-8-9-17-3/h5-7,15H,4,8-10H2,1-3H3. The van der Waals surface area contributed by atoms with E-state index in [2.05, 4.69) is 5.32 Å². The number of nitrogens with one attached hydrogen (secondary N) is 1. The zero-order valence-electron chi connectivity index (χ0n) is 10.8. The first kappa shape index (κ1) is 13.9. The Hall–Kier alpha value is -1.13. The fourth-order valence-corrected chi connectivity index (χ4v) is 1.64. The topological polar surface area (TPSA) is 24.5 Å². The minimum absolute atomic E-state index is 0.160. The van der Waals surface area contributed by atoms with Crippen molar-refractivity contribution in [3.05, 3.63) is 29.6 Å². The highest BCUT2D eigenvalue weighted by Gasteiger charge is 2.10. The van der Waals surface area contributed by atoms with Crippen LogP contribution in [0, 0.1) is 5.82 Å². The van der Waals surface area contributed by atoms with Gasteiger partial charge in [-0.1, -0.05) is 6.07 Å². The molecule has 1 N–H and O–H groups in total. The van der Waals surface area contributed by atoms with Crippen LogP contribution in [-0.2, 0) is 11.3 Å². The van der Waals surface area contributed by atoms with Crippen molar-refractivity contribution >= 4 is 5.69 Å². The second-order valence-electron chi connectivity index (χ2n) is 3.92. The van der Waals surface area contributed by atoms with Gasteiger partial charge in [-0.2, -0.15) is 0 Å². The Morgan fingerprint density at radius 3 is 2.82 bits per heavy atom. The molecule has 0 fully saturated rings. The molecule has 0 aliphatic heterocycles. The van der Waals surface area contributed by atoms with Gasteiger partial charge < -0.3 is 15.0 Å². The molecule has 0 unspecified atom stereocenters. The van der Waals surface area contributed by atoms with Gasteiger partial charge >= 0.3 is 0 Å².